The van der Waals surface area contributed by atoms with Gasteiger partial charge in [-0.15, -0.1) is 11.3 Å². The largest absolute Gasteiger partial charge is 0.455 e. The lowest BCUT2D eigenvalue weighted by atomic mass is 10.1. The van der Waals surface area contributed by atoms with Gasteiger partial charge in [0.1, 0.15) is 5.58 Å². The molecule has 0 unspecified atom stereocenters. The van der Waals surface area contributed by atoms with Gasteiger partial charge in [-0.3, -0.25) is 0 Å². The van der Waals surface area contributed by atoms with Crippen molar-refractivity contribution < 1.29 is 4.42 Å². The molecule has 0 amide bonds. The molecule has 0 N–H and O–H groups in total. The Balaban J connectivity index is 2.14. The van der Waals surface area contributed by atoms with Gasteiger partial charge in [0.15, 0.2) is 5.58 Å². The Bertz CT molecular complexity index is 1150. The van der Waals surface area contributed by atoms with E-state index in [2.05, 4.69) is 58.4 Å². The van der Waals surface area contributed by atoms with E-state index in [-0.39, 0.29) is 0 Å². The number of hydrogen-bond acceptors (Lipinski definition) is 2. The van der Waals surface area contributed by atoms with Crippen LogP contribution in [0.2, 0.25) is 0 Å². The lowest BCUT2D eigenvalue weighted by Crippen LogP contribution is -1.72. The molecule has 3 heteroatoms. The number of para-hydroxylation sites is 1. The number of hydrogen-bond donors (Lipinski definition) is 0. The lowest BCUT2D eigenvalue weighted by Gasteiger charge is -1.97. The van der Waals surface area contributed by atoms with Gasteiger partial charge in [0, 0.05) is 30.7 Å². The molecule has 0 bridgehead atoms. The zero-order chi connectivity index (χ0) is 14.0. The molecule has 5 rings (SSSR count). The summed E-state index contributed by atoms with van der Waals surface area (Å²) in [6, 6.07) is 18.9. The highest BCUT2D eigenvalue weighted by Crippen LogP contribution is 2.44. The minimum Gasteiger partial charge on any atom is -0.455 e. The topological polar surface area (TPSA) is 13.1 Å². The van der Waals surface area contributed by atoms with Crippen molar-refractivity contribution in [3.63, 3.8) is 0 Å². The second kappa shape index (κ2) is 4.09. The number of benzene rings is 3. The predicted molar refractivity (Wildman–Crippen MR) is 94.3 cm³/mol. The van der Waals surface area contributed by atoms with Gasteiger partial charge < -0.3 is 4.42 Å². The number of halogens is 1. The molecule has 2 aromatic heterocycles. The number of thiophene rings is 1. The molecule has 0 atom stereocenters. The van der Waals surface area contributed by atoms with Gasteiger partial charge in [0.2, 0.25) is 0 Å². The molecule has 0 aliphatic rings. The first-order chi connectivity index (χ1) is 10.3. The Morgan fingerprint density at radius 3 is 2.52 bits per heavy atom. The van der Waals surface area contributed by atoms with E-state index in [1.807, 2.05) is 12.1 Å². The standard InChI is InChI=1S/C18H9BrOS/c19-13-9-12-10-5-1-3-7-14(10)20-17(12)18-16(13)11-6-2-4-8-15(11)21-18/h1-9H. The summed E-state index contributed by atoms with van der Waals surface area (Å²) in [5.41, 5.74) is 1.94. The van der Waals surface area contributed by atoms with Crippen LogP contribution < -0.4 is 0 Å². The van der Waals surface area contributed by atoms with Gasteiger partial charge in [0.05, 0.1) is 4.70 Å². The van der Waals surface area contributed by atoms with Crippen molar-refractivity contribution in [1.82, 2.24) is 0 Å². The van der Waals surface area contributed by atoms with E-state index in [9.17, 15) is 0 Å². The van der Waals surface area contributed by atoms with Crippen LogP contribution in [0.4, 0.5) is 0 Å². The summed E-state index contributed by atoms with van der Waals surface area (Å²) in [6.07, 6.45) is 0. The first-order valence-corrected chi connectivity index (χ1v) is 8.35. The molecule has 2 heterocycles. The van der Waals surface area contributed by atoms with Crippen LogP contribution in [0.1, 0.15) is 0 Å². The smallest absolute Gasteiger partial charge is 0.153 e. The van der Waals surface area contributed by atoms with E-state index in [4.69, 9.17) is 4.42 Å². The molecule has 0 aliphatic heterocycles. The van der Waals surface area contributed by atoms with Crippen LogP contribution in [0.15, 0.2) is 63.5 Å². The first-order valence-electron chi connectivity index (χ1n) is 6.74. The summed E-state index contributed by atoms with van der Waals surface area (Å²) in [4.78, 5) is 0. The highest BCUT2D eigenvalue weighted by molar-refractivity contribution is 9.10. The molecule has 100 valence electrons. The zero-order valence-electron chi connectivity index (χ0n) is 10.9. The van der Waals surface area contributed by atoms with E-state index in [1.54, 1.807) is 11.3 Å². The molecule has 0 spiro atoms. The highest BCUT2D eigenvalue weighted by Gasteiger charge is 2.16. The Hall–Kier alpha value is -1.84. The molecule has 21 heavy (non-hydrogen) atoms. The summed E-state index contributed by atoms with van der Waals surface area (Å²) in [5, 5.41) is 4.89. The molecule has 0 radical (unpaired) electrons. The number of fused-ring (bicyclic) bond motifs is 7. The Labute approximate surface area is 132 Å². The maximum Gasteiger partial charge on any atom is 0.153 e. The minimum absolute atomic E-state index is 0.948. The third-order valence-corrected chi connectivity index (χ3v) is 5.74. The molecule has 3 aromatic carbocycles. The fraction of sp³-hybridized carbons (Fsp3) is 0. The molecule has 0 saturated heterocycles. The van der Waals surface area contributed by atoms with Crippen molar-refractivity contribution in [2.45, 2.75) is 0 Å². The summed E-state index contributed by atoms with van der Waals surface area (Å²) in [7, 11) is 0. The molecular weight excluding hydrogens is 344 g/mol. The van der Waals surface area contributed by atoms with Gasteiger partial charge in [-0.25, -0.2) is 0 Å². The van der Waals surface area contributed by atoms with E-state index >= 15 is 0 Å². The van der Waals surface area contributed by atoms with Crippen molar-refractivity contribution in [3.8, 4) is 0 Å². The van der Waals surface area contributed by atoms with Gasteiger partial charge in [0.25, 0.3) is 0 Å². The fourth-order valence-corrected chi connectivity index (χ4v) is 5.00. The van der Waals surface area contributed by atoms with Crippen molar-refractivity contribution in [3.05, 3.63) is 59.1 Å². The van der Waals surface area contributed by atoms with Gasteiger partial charge in [-0.2, -0.15) is 0 Å². The Morgan fingerprint density at radius 2 is 1.62 bits per heavy atom. The summed E-state index contributed by atoms with van der Waals surface area (Å²) >= 11 is 5.55. The second-order valence-electron chi connectivity index (χ2n) is 5.14. The first kappa shape index (κ1) is 11.8. The van der Waals surface area contributed by atoms with E-state index < -0.39 is 0 Å². The molecule has 5 aromatic rings. The fourth-order valence-electron chi connectivity index (χ4n) is 3.02. The average molecular weight is 353 g/mol. The Kier molecular flexibility index (Phi) is 2.29. The third-order valence-electron chi connectivity index (χ3n) is 3.95. The molecule has 0 saturated carbocycles. The quantitative estimate of drug-likeness (QED) is 0.301. The van der Waals surface area contributed by atoms with Crippen LogP contribution in [0, 0.1) is 0 Å². The summed E-state index contributed by atoms with van der Waals surface area (Å²) in [5.74, 6) is 0. The molecule has 0 fully saturated rings. The van der Waals surface area contributed by atoms with Crippen LogP contribution in [-0.2, 0) is 0 Å². The SMILES string of the molecule is Brc1cc2c3ccccc3oc2c2sc3ccccc3c12. The van der Waals surface area contributed by atoms with Gasteiger partial charge >= 0.3 is 0 Å². The van der Waals surface area contributed by atoms with Crippen LogP contribution in [-0.4, -0.2) is 0 Å². The summed E-state index contributed by atoms with van der Waals surface area (Å²) in [6.45, 7) is 0. The van der Waals surface area contributed by atoms with Crippen LogP contribution in [0.5, 0.6) is 0 Å². The van der Waals surface area contributed by atoms with E-state index in [1.165, 1.54) is 30.9 Å². The minimum atomic E-state index is 0.948. The molecule has 1 nitrogen and oxygen atoms in total. The van der Waals surface area contributed by atoms with Crippen LogP contribution >= 0.6 is 27.3 Å². The lowest BCUT2D eigenvalue weighted by molar-refractivity contribution is 0.673. The molecule has 0 aliphatic carbocycles. The normalized spacial score (nSPS) is 12.0. The highest BCUT2D eigenvalue weighted by atomic mass is 79.9. The van der Waals surface area contributed by atoms with E-state index in [0.717, 1.165) is 15.6 Å². The maximum absolute atomic E-state index is 6.14. The van der Waals surface area contributed by atoms with Crippen molar-refractivity contribution in [2.24, 2.45) is 0 Å². The average Bonchev–Trinajstić information content (AvgIpc) is 3.06. The summed E-state index contributed by atoms with van der Waals surface area (Å²) < 4.78 is 9.79. The van der Waals surface area contributed by atoms with Crippen molar-refractivity contribution in [1.29, 1.82) is 0 Å². The van der Waals surface area contributed by atoms with Gasteiger partial charge in [-0.1, -0.05) is 52.3 Å². The predicted octanol–water partition coefficient (Wildman–Crippen LogP) is 6.72. The Morgan fingerprint density at radius 1 is 0.857 bits per heavy atom. The maximum atomic E-state index is 6.14. The van der Waals surface area contributed by atoms with Crippen LogP contribution in [0.25, 0.3) is 42.1 Å². The monoisotopic (exact) mass is 352 g/mol. The number of rotatable bonds is 0. The van der Waals surface area contributed by atoms with Crippen LogP contribution in [0.3, 0.4) is 0 Å². The van der Waals surface area contributed by atoms with Crippen molar-refractivity contribution >= 4 is 69.4 Å². The second-order valence-corrected chi connectivity index (χ2v) is 7.04. The van der Waals surface area contributed by atoms with E-state index in [0.29, 0.717) is 0 Å². The third kappa shape index (κ3) is 1.50. The zero-order valence-corrected chi connectivity index (χ0v) is 13.3. The molecular formula is C18H9BrOS. The van der Waals surface area contributed by atoms with Gasteiger partial charge in [-0.05, 0) is 18.2 Å². The van der Waals surface area contributed by atoms with Crippen molar-refractivity contribution in [2.75, 3.05) is 0 Å². The number of furan rings is 1.